The number of fused-ring (bicyclic) bond motifs is 2. The molecular formula is C21H31N3O3S. The number of hydrogen-bond donors (Lipinski definition) is 1. The summed E-state index contributed by atoms with van der Waals surface area (Å²) in [4.78, 5) is 38.3. The summed E-state index contributed by atoms with van der Waals surface area (Å²) in [5.74, 6) is 0.310. The van der Waals surface area contributed by atoms with Crippen molar-refractivity contribution in [3.63, 3.8) is 0 Å². The SMILES string of the molecule is CC(C)(C)C(=O)/C=C1\SCC(=O)N1CC(=O)N/N=C1/CC2CCC1(C)C2(C)C. The van der Waals surface area contributed by atoms with Gasteiger partial charge in [0.25, 0.3) is 5.91 Å². The van der Waals surface area contributed by atoms with Crippen LogP contribution in [0.1, 0.15) is 60.8 Å². The zero-order valence-electron chi connectivity index (χ0n) is 17.7. The van der Waals surface area contributed by atoms with Gasteiger partial charge in [-0.05, 0) is 30.6 Å². The Kier molecular flexibility index (Phi) is 5.28. The Morgan fingerprint density at radius 2 is 2.00 bits per heavy atom. The highest BCUT2D eigenvalue weighted by atomic mass is 32.2. The molecule has 0 spiro atoms. The number of allylic oxidation sites excluding steroid dienone is 1. The minimum atomic E-state index is -0.525. The second-order valence-electron chi connectivity index (χ2n) is 9.95. The minimum absolute atomic E-state index is 0.0223. The lowest BCUT2D eigenvalue weighted by molar-refractivity contribution is -0.131. The molecule has 3 rings (SSSR count). The number of nitrogens with zero attached hydrogens (tertiary/aromatic N) is 2. The molecule has 1 heterocycles. The van der Waals surface area contributed by atoms with Gasteiger partial charge in [0.15, 0.2) is 5.78 Å². The predicted octanol–water partition coefficient (Wildman–Crippen LogP) is 3.34. The molecule has 154 valence electrons. The van der Waals surface area contributed by atoms with Crippen molar-refractivity contribution in [1.29, 1.82) is 0 Å². The average molecular weight is 406 g/mol. The van der Waals surface area contributed by atoms with E-state index in [0.717, 1.165) is 18.6 Å². The van der Waals surface area contributed by atoms with Crippen molar-refractivity contribution in [3.8, 4) is 0 Å². The zero-order chi connectivity index (χ0) is 20.9. The largest absolute Gasteiger partial charge is 0.296 e. The van der Waals surface area contributed by atoms with Crippen LogP contribution in [0.2, 0.25) is 0 Å². The Morgan fingerprint density at radius 3 is 2.54 bits per heavy atom. The summed E-state index contributed by atoms with van der Waals surface area (Å²) in [5, 5.41) is 4.99. The highest BCUT2D eigenvalue weighted by molar-refractivity contribution is 8.04. The van der Waals surface area contributed by atoms with Crippen LogP contribution in [0.5, 0.6) is 0 Å². The van der Waals surface area contributed by atoms with Crippen LogP contribution in [0.4, 0.5) is 0 Å². The van der Waals surface area contributed by atoms with E-state index >= 15 is 0 Å². The minimum Gasteiger partial charge on any atom is -0.296 e. The molecule has 1 aliphatic heterocycles. The third kappa shape index (κ3) is 3.53. The van der Waals surface area contributed by atoms with Crippen molar-refractivity contribution in [2.45, 2.75) is 60.8 Å². The molecule has 7 heteroatoms. The lowest BCUT2D eigenvalue weighted by Gasteiger charge is -2.34. The van der Waals surface area contributed by atoms with E-state index in [1.54, 1.807) is 0 Å². The molecule has 2 aliphatic carbocycles. The Morgan fingerprint density at radius 1 is 1.32 bits per heavy atom. The summed E-state index contributed by atoms with van der Waals surface area (Å²) >= 11 is 1.30. The number of amides is 2. The second-order valence-corrected chi connectivity index (χ2v) is 10.9. The summed E-state index contributed by atoms with van der Waals surface area (Å²) in [6.45, 7) is 12.2. The molecule has 1 N–H and O–H groups in total. The van der Waals surface area contributed by atoms with Gasteiger partial charge in [-0.2, -0.15) is 5.10 Å². The Hall–Kier alpha value is -1.63. The first-order valence-corrected chi connectivity index (χ1v) is 10.9. The first-order valence-electron chi connectivity index (χ1n) is 9.91. The van der Waals surface area contributed by atoms with Crippen LogP contribution >= 0.6 is 11.8 Å². The van der Waals surface area contributed by atoms with E-state index in [-0.39, 0.29) is 40.7 Å². The van der Waals surface area contributed by atoms with Gasteiger partial charge in [0, 0.05) is 22.6 Å². The summed E-state index contributed by atoms with van der Waals surface area (Å²) in [5.41, 5.74) is 3.41. The number of nitrogens with one attached hydrogen (secondary N) is 1. The molecular weight excluding hydrogens is 374 g/mol. The molecule has 0 aromatic rings. The van der Waals surface area contributed by atoms with Gasteiger partial charge in [0.05, 0.1) is 10.8 Å². The maximum atomic E-state index is 12.5. The highest BCUT2D eigenvalue weighted by Gasteiger charge is 2.60. The lowest BCUT2D eigenvalue weighted by atomic mass is 9.70. The molecule has 2 amide bonds. The normalized spacial score (nSPS) is 31.9. The third-order valence-corrected chi connectivity index (χ3v) is 8.06. The molecule has 6 nitrogen and oxygen atoms in total. The predicted molar refractivity (Wildman–Crippen MR) is 112 cm³/mol. The van der Waals surface area contributed by atoms with Crippen LogP contribution in [0, 0.1) is 22.2 Å². The number of carbonyl (C=O) groups is 3. The molecule has 2 atom stereocenters. The Balaban J connectivity index is 1.67. The van der Waals surface area contributed by atoms with Gasteiger partial charge in [0.1, 0.15) is 6.54 Å². The topological polar surface area (TPSA) is 78.8 Å². The Labute approximate surface area is 171 Å². The van der Waals surface area contributed by atoms with Gasteiger partial charge in [-0.25, -0.2) is 5.43 Å². The molecule has 2 saturated carbocycles. The standard InChI is InChI=1S/C21H31N3O3S/c1-19(2,3)15(25)10-18-24(17(27)12-28-18)11-16(26)23-22-14-9-13-7-8-21(14,6)20(13,4)5/h10,13H,7-9,11-12H2,1-6H3,(H,23,26)/b18-10-,22-14-. The maximum Gasteiger partial charge on any atom is 0.260 e. The summed E-state index contributed by atoms with van der Waals surface area (Å²) in [7, 11) is 0. The van der Waals surface area contributed by atoms with Crippen molar-refractivity contribution in [1.82, 2.24) is 10.3 Å². The highest BCUT2D eigenvalue weighted by Crippen LogP contribution is 2.63. The van der Waals surface area contributed by atoms with Crippen LogP contribution in [0.25, 0.3) is 0 Å². The average Bonchev–Trinajstić information content (AvgIpc) is 3.10. The summed E-state index contributed by atoms with van der Waals surface area (Å²) in [6, 6.07) is 0. The van der Waals surface area contributed by atoms with Crippen LogP contribution < -0.4 is 5.43 Å². The first-order chi connectivity index (χ1) is 12.9. The van der Waals surface area contributed by atoms with E-state index in [2.05, 4.69) is 31.3 Å². The van der Waals surface area contributed by atoms with Gasteiger partial charge in [0.2, 0.25) is 5.91 Å². The van der Waals surface area contributed by atoms with Crippen LogP contribution in [-0.2, 0) is 14.4 Å². The van der Waals surface area contributed by atoms with E-state index in [1.807, 2.05) is 20.8 Å². The maximum absolute atomic E-state index is 12.5. The second kappa shape index (κ2) is 7.01. The van der Waals surface area contributed by atoms with Crippen molar-refractivity contribution < 1.29 is 14.4 Å². The monoisotopic (exact) mass is 405 g/mol. The molecule has 2 unspecified atom stereocenters. The van der Waals surface area contributed by atoms with Gasteiger partial charge in [-0.3, -0.25) is 19.3 Å². The van der Waals surface area contributed by atoms with E-state index in [9.17, 15) is 14.4 Å². The van der Waals surface area contributed by atoms with E-state index in [0.29, 0.717) is 10.9 Å². The fourth-order valence-electron chi connectivity index (χ4n) is 4.44. The van der Waals surface area contributed by atoms with Crippen molar-refractivity contribution in [2.24, 2.45) is 27.3 Å². The summed E-state index contributed by atoms with van der Waals surface area (Å²) in [6.07, 6.45) is 4.72. The van der Waals surface area contributed by atoms with E-state index < -0.39 is 5.41 Å². The Bertz CT molecular complexity index is 778. The smallest absolute Gasteiger partial charge is 0.260 e. The third-order valence-electron chi connectivity index (χ3n) is 7.03. The van der Waals surface area contributed by atoms with Gasteiger partial charge in [-0.15, -0.1) is 0 Å². The fourth-order valence-corrected chi connectivity index (χ4v) is 5.37. The number of carbonyl (C=O) groups excluding carboxylic acids is 3. The van der Waals surface area contributed by atoms with Crippen LogP contribution in [0.15, 0.2) is 16.2 Å². The molecule has 2 bridgehead atoms. The molecule has 3 fully saturated rings. The molecule has 3 aliphatic rings. The van der Waals surface area contributed by atoms with Crippen molar-refractivity contribution >= 4 is 35.1 Å². The number of rotatable bonds is 4. The molecule has 28 heavy (non-hydrogen) atoms. The zero-order valence-corrected chi connectivity index (χ0v) is 18.5. The van der Waals surface area contributed by atoms with E-state index in [4.69, 9.17) is 0 Å². The number of hydrazone groups is 1. The molecule has 0 aromatic carbocycles. The van der Waals surface area contributed by atoms with Crippen LogP contribution in [-0.4, -0.2) is 40.5 Å². The summed E-state index contributed by atoms with van der Waals surface area (Å²) < 4.78 is 0. The number of thioether (sulfide) groups is 1. The van der Waals surface area contributed by atoms with Gasteiger partial charge < -0.3 is 0 Å². The quantitative estimate of drug-likeness (QED) is 0.575. The van der Waals surface area contributed by atoms with Gasteiger partial charge >= 0.3 is 0 Å². The van der Waals surface area contributed by atoms with E-state index in [1.165, 1.54) is 29.2 Å². The fraction of sp³-hybridized carbons (Fsp3) is 0.714. The van der Waals surface area contributed by atoms with Gasteiger partial charge in [-0.1, -0.05) is 53.3 Å². The lowest BCUT2D eigenvalue weighted by Crippen LogP contribution is -2.38. The first kappa shape index (κ1) is 21.1. The van der Waals surface area contributed by atoms with Crippen molar-refractivity contribution in [3.05, 3.63) is 11.1 Å². The number of ketones is 1. The van der Waals surface area contributed by atoms with Crippen LogP contribution in [0.3, 0.4) is 0 Å². The molecule has 1 saturated heterocycles. The molecule has 0 aromatic heterocycles. The molecule has 0 radical (unpaired) electrons. The van der Waals surface area contributed by atoms with Crippen molar-refractivity contribution in [2.75, 3.05) is 12.3 Å². The number of hydrogen-bond acceptors (Lipinski definition) is 5.